The van der Waals surface area contributed by atoms with E-state index in [1.54, 1.807) is 12.3 Å². The topological polar surface area (TPSA) is 67.5 Å². The molecule has 0 amide bonds. The van der Waals surface area contributed by atoms with E-state index in [1.807, 2.05) is 54.6 Å². The Morgan fingerprint density at radius 3 is 2.30 bits per heavy atom. The largest absolute Gasteiger partial charge is 0.356 e. The van der Waals surface area contributed by atoms with Crippen LogP contribution in [0.15, 0.2) is 71.7 Å². The summed E-state index contributed by atoms with van der Waals surface area (Å²) >= 11 is 1.10. The first-order chi connectivity index (χ1) is 11.2. The molecule has 0 saturated carbocycles. The molecule has 0 bridgehead atoms. The first kappa shape index (κ1) is 14.9. The Labute approximate surface area is 137 Å². The number of anilines is 2. The van der Waals surface area contributed by atoms with Gasteiger partial charge in [0.15, 0.2) is 0 Å². The molecule has 0 spiro atoms. The second-order valence-corrected chi connectivity index (χ2v) is 5.82. The summed E-state index contributed by atoms with van der Waals surface area (Å²) in [4.78, 5) is 15.3. The van der Waals surface area contributed by atoms with Gasteiger partial charge in [0.2, 0.25) is 0 Å². The molecule has 0 aliphatic carbocycles. The third-order valence-corrected chi connectivity index (χ3v) is 4.03. The first-order valence-corrected chi connectivity index (χ1v) is 7.73. The van der Waals surface area contributed by atoms with Crippen LogP contribution in [0.2, 0.25) is 0 Å². The fourth-order valence-corrected chi connectivity index (χ4v) is 2.66. The molecule has 0 atom stereocenters. The maximum absolute atomic E-state index is 10.6. The Kier molecular flexibility index (Phi) is 4.44. The molecule has 1 heterocycles. The van der Waals surface area contributed by atoms with Gasteiger partial charge in [0.25, 0.3) is 0 Å². The zero-order chi connectivity index (χ0) is 16.1. The van der Waals surface area contributed by atoms with E-state index in [0.717, 1.165) is 33.3 Å². The summed E-state index contributed by atoms with van der Waals surface area (Å²) in [5, 5.41) is 14.1. The quantitative estimate of drug-likeness (QED) is 0.401. The van der Waals surface area contributed by atoms with Gasteiger partial charge in [0.1, 0.15) is 0 Å². The number of para-hydroxylation sites is 1. The van der Waals surface area contributed by atoms with Gasteiger partial charge in [0.05, 0.1) is 15.5 Å². The van der Waals surface area contributed by atoms with Crippen molar-refractivity contribution in [3.05, 3.63) is 81.7 Å². The Hall–Kier alpha value is -2.99. The number of rotatable bonds is 5. The van der Waals surface area contributed by atoms with Crippen LogP contribution >= 0.6 is 11.3 Å². The third kappa shape index (κ3) is 4.02. The van der Waals surface area contributed by atoms with E-state index in [-0.39, 0.29) is 5.00 Å². The van der Waals surface area contributed by atoms with Crippen molar-refractivity contribution in [2.45, 2.75) is 0 Å². The second kappa shape index (κ2) is 6.85. The van der Waals surface area contributed by atoms with Crippen molar-refractivity contribution in [3.63, 3.8) is 0 Å². The van der Waals surface area contributed by atoms with E-state index in [1.165, 1.54) is 6.07 Å². The number of hydrogen-bond donors (Lipinski definition) is 1. The number of nitro groups is 1. The highest BCUT2D eigenvalue weighted by Gasteiger charge is 2.07. The van der Waals surface area contributed by atoms with Gasteiger partial charge in [-0.1, -0.05) is 29.5 Å². The lowest BCUT2D eigenvalue weighted by Gasteiger charge is -2.05. The summed E-state index contributed by atoms with van der Waals surface area (Å²) in [5.74, 6) is 0. The van der Waals surface area contributed by atoms with Crippen LogP contribution in [0.25, 0.3) is 0 Å². The fourth-order valence-electron chi connectivity index (χ4n) is 1.97. The maximum atomic E-state index is 10.6. The molecule has 6 heteroatoms. The highest BCUT2D eigenvalue weighted by molar-refractivity contribution is 7.16. The van der Waals surface area contributed by atoms with Crippen molar-refractivity contribution in [1.29, 1.82) is 0 Å². The molecule has 3 rings (SSSR count). The minimum absolute atomic E-state index is 0.119. The van der Waals surface area contributed by atoms with Crippen LogP contribution in [0, 0.1) is 10.1 Å². The molecule has 23 heavy (non-hydrogen) atoms. The van der Waals surface area contributed by atoms with E-state index < -0.39 is 4.92 Å². The molecular formula is C17H13N3O2S. The standard InChI is InChI=1S/C17H13N3O2S/c21-20(22)17-11-10-16(23-17)12-18-13-6-8-15(9-7-13)19-14-4-2-1-3-5-14/h1-12,19H. The van der Waals surface area contributed by atoms with E-state index in [9.17, 15) is 10.1 Å². The lowest BCUT2D eigenvalue weighted by atomic mass is 10.2. The molecule has 1 aromatic heterocycles. The zero-order valence-corrected chi connectivity index (χ0v) is 12.9. The average Bonchev–Trinajstić information content (AvgIpc) is 3.04. The lowest BCUT2D eigenvalue weighted by molar-refractivity contribution is -0.380. The van der Waals surface area contributed by atoms with E-state index in [4.69, 9.17) is 0 Å². The number of thiophene rings is 1. The van der Waals surface area contributed by atoms with Crippen molar-refractivity contribution >= 4 is 39.6 Å². The molecule has 2 aromatic carbocycles. The molecule has 5 nitrogen and oxygen atoms in total. The molecule has 0 aliphatic heterocycles. The summed E-state index contributed by atoms with van der Waals surface area (Å²) in [6.07, 6.45) is 1.64. The average molecular weight is 323 g/mol. The second-order valence-electron chi connectivity index (χ2n) is 4.73. The van der Waals surface area contributed by atoms with Gasteiger partial charge in [0, 0.05) is 23.7 Å². The molecule has 1 N–H and O–H groups in total. The first-order valence-electron chi connectivity index (χ1n) is 6.91. The number of benzene rings is 2. The van der Waals surface area contributed by atoms with Crippen LogP contribution in [-0.2, 0) is 0 Å². The minimum Gasteiger partial charge on any atom is -0.356 e. The smallest absolute Gasteiger partial charge is 0.324 e. The molecule has 114 valence electrons. The van der Waals surface area contributed by atoms with E-state index in [0.29, 0.717) is 0 Å². The van der Waals surface area contributed by atoms with Crippen molar-refractivity contribution < 1.29 is 4.92 Å². The molecule has 3 aromatic rings. The normalized spacial score (nSPS) is 10.8. The predicted octanol–water partition coefficient (Wildman–Crippen LogP) is 5.15. The Balaban J connectivity index is 1.67. The van der Waals surface area contributed by atoms with Gasteiger partial charge in [-0.15, -0.1) is 0 Å². The molecule has 0 saturated heterocycles. The van der Waals surface area contributed by atoms with E-state index in [2.05, 4.69) is 10.3 Å². The van der Waals surface area contributed by atoms with Gasteiger partial charge in [-0.05, 0) is 42.5 Å². The van der Waals surface area contributed by atoms with Crippen molar-refractivity contribution in [2.75, 3.05) is 5.32 Å². The van der Waals surface area contributed by atoms with Crippen LogP contribution in [0.4, 0.5) is 22.1 Å². The molecule has 0 unspecified atom stereocenters. The van der Waals surface area contributed by atoms with Crippen LogP contribution in [0.3, 0.4) is 0 Å². The number of aliphatic imine (C=N–C) groups is 1. The van der Waals surface area contributed by atoms with Crippen LogP contribution in [-0.4, -0.2) is 11.1 Å². The molecular weight excluding hydrogens is 310 g/mol. The molecule has 0 radical (unpaired) electrons. The minimum atomic E-state index is -0.397. The Morgan fingerprint density at radius 2 is 1.65 bits per heavy atom. The zero-order valence-electron chi connectivity index (χ0n) is 12.0. The van der Waals surface area contributed by atoms with Gasteiger partial charge < -0.3 is 5.32 Å². The fraction of sp³-hybridized carbons (Fsp3) is 0. The molecule has 0 fully saturated rings. The monoisotopic (exact) mass is 323 g/mol. The van der Waals surface area contributed by atoms with E-state index >= 15 is 0 Å². The summed E-state index contributed by atoms with van der Waals surface area (Å²) in [5.41, 5.74) is 2.79. The van der Waals surface area contributed by atoms with Crippen molar-refractivity contribution in [3.8, 4) is 0 Å². The number of nitrogens with zero attached hydrogens (tertiary/aromatic N) is 2. The lowest BCUT2D eigenvalue weighted by Crippen LogP contribution is -1.88. The maximum Gasteiger partial charge on any atom is 0.324 e. The summed E-state index contributed by atoms with van der Waals surface area (Å²) in [6, 6.07) is 20.8. The molecule has 0 aliphatic rings. The number of nitrogens with one attached hydrogen (secondary N) is 1. The Morgan fingerprint density at radius 1 is 0.957 bits per heavy atom. The predicted molar refractivity (Wildman–Crippen MR) is 94.4 cm³/mol. The Bertz CT molecular complexity index is 827. The summed E-state index contributed by atoms with van der Waals surface area (Å²) in [6.45, 7) is 0. The van der Waals surface area contributed by atoms with Crippen LogP contribution in [0.1, 0.15) is 4.88 Å². The van der Waals surface area contributed by atoms with Gasteiger partial charge in [-0.2, -0.15) is 0 Å². The van der Waals surface area contributed by atoms with Crippen molar-refractivity contribution in [1.82, 2.24) is 0 Å². The third-order valence-electron chi connectivity index (χ3n) is 3.06. The van der Waals surface area contributed by atoms with Gasteiger partial charge in [-0.25, -0.2) is 0 Å². The van der Waals surface area contributed by atoms with Gasteiger partial charge in [-0.3, -0.25) is 15.1 Å². The highest BCUT2D eigenvalue weighted by Crippen LogP contribution is 2.24. The van der Waals surface area contributed by atoms with Crippen molar-refractivity contribution in [2.24, 2.45) is 4.99 Å². The highest BCUT2D eigenvalue weighted by atomic mass is 32.1. The SMILES string of the molecule is O=[N+]([O-])c1ccc(C=Nc2ccc(Nc3ccccc3)cc2)s1. The number of hydrogen-bond acceptors (Lipinski definition) is 5. The van der Waals surface area contributed by atoms with Crippen LogP contribution in [0.5, 0.6) is 0 Å². The van der Waals surface area contributed by atoms with Crippen LogP contribution < -0.4 is 5.32 Å². The summed E-state index contributed by atoms with van der Waals surface area (Å²) in [7, 11) is 0. The summed E-state index contributed by atoms with van der Waals surface area (Å²) < 4.78 is 0. The van der Waals surface area contributed by atoms with Gasteiger partial charge >= 0.3 is 5.00 Å².